The molecule has 0 saturated carbocycles. The number of amides is 1. The first-order valence-electron chi connectivity index (χ1n) is 6.30. The van der Waals surface area contributed by atoms with E-state index in [0.717, 1.165) is 32.6 Å². The summed E-state index contributed by atoms with van der Waals surface area (Å²) in [6, 6.07) is 8.29. The Morgan fingerprint density at radius 1 is 1.29 bits per heavy atom. The first-order valence-corrected chi connectivity index (χ1v) is 6.30. The molecule has 0 atom stereocenters. The number of hydrogen-bond donors (Lipinski definition) is 1. The van der Waals surface area contributed by atoms with Crippen molar-refractivity contribution in [1.29, 1.82) is 0 Å². The quantitative estimate of drug-likeness (QED) is 0.853. The van der Waals surface area contributed by atoms with E-state index >= 15 is 0 Å². The van der Waals surface area contributed by atoms with Gasteiger partial charge in [-0.05, 0) is 24.5 Å². The molecule has 1 aliphatic heterocycles. The maximum atomic E-state index is 12.0. The molecule has 0 aromatic heterocycles. The fourth-order valence-corrected chi connectivity index (χ4v) is 2.20. The van der Waals surface area contributed by atoms with Gasteiger partial charge in [0.25, 0.3) is 0 Å². The number of nitrogens with one attached hydrogen (secondary N) is 1. The standard InChI is InChI=1S/C14H20N2O/c1-12-4-2-3-5-13(12)6-7-14(17)16-10-8-15-9-11-16/h2-5,15H,6-11H2,1H3. The van der Waals surface area contributed by atoms with E-state index < -0.39 is 0 Å². The molecule has 0 spiro atoms. The Kier molecular flexibility index (Phi) is 4.15. The minimum atomic E-state index is 0.287. The zero-order valence-electron chi connectivity index (χ0n) is 10.4. The van der Waals surface area contributed by atoms with Crippen molar-refractivity contribution in [2.45, 2.75) is 19.8 Å². The third-order valence-corrected chi connectivity index (χ3v) is 3.34. The summed E-state index contributed by atoms with van der Waals surface area (Å²) in [5.74, 6) is 0.287. The van der Waals surface area contributed by atoms with Crippen LogP contribution < -0.4 is 5.32 Å². The molecule has 1 heterocycles. The third-order valence-electron chi connectivity index (χ3n) is 3.34. The lowest BCUT2D eigenvalue weighted by atomic mass is 10.0. The lowest BCUT2D eigenvalue weighted by molar-refractivity contribution is -0.131. The second-order valence-electron chi connectivity index (χ2n) is 4.56. The van der Waals surface area contributed by atoms with Gasteiger partial charge in [-0.3, -0.25) is 4.79 Å². The maximum Gasteiger partial charge on any atom is 0.222 e. The molecule has 17 heavy (non-hydrogen) atoms. The van der Waals surface area contributed by atoms with Crippen LogP contribution in [-0.4, -0.2) is 37.0 Å². The molecule has 3 nitrogen and oxygen atoms in total. The Morgan fingerprint density at radius 3 is 2.71 bits per heavy atom. The fourth-order valence-electron chi connectivity index (χ4n) is 2.20. The van der Waals surface area contributed by atoms with Crippen molar-refractivity contribution in [1.82, 2.24) is 10.2 Å². The molecule has 0 aliphatic carbocycles. The first-order chi connectivity index (χ1) is 8.27. The van der Waals surface area contributed by atoms with E-state index in [4.69, 9.17) is 0 Å². The minimum Gasteiger partial charge on any atom is -0.340 e. The number of rotatable bonds is 3. The normalized spacial score (nSPS) is 15.9. The summed E-state index contributed by atoms with van der Waals surface area (Å²) < 4.78 is 0. The van der Waals surface area contributed by atoms with Gasteiger partial charge in [-0.25, -0.2) is 0 Å². The molecule has 1 fully saturated rings. The van der Waals surface area contributed by atoms with Crippen LogP contribution in [0.3, 0.4) is 0 Å². The average molecular weight is 232 g/mol. The molecule has 92 valence electrons. The van der Waals surface area contributed by atoms with Crippen molar-refractivity contribution >= 4 is 5.91 Å². The van der Waals surface area contributed by atoms with Gasteiger partial charge in [0.15, 0.2) is 0 Å². The van der Waals surface area contributed by atoms with E-state index in [-0.39, 0.29) is 5.91 Å². The monoisotopic (exact) mass is 232 g/mol. The number of piperazine rings is 1. The highest BCUT2D eigenvalue weighted by molar-refractivity contribution is 5.76. The van der Waals surface area contributed by atoms with Crippen molar-refractivity contribution < 1.29 is 4.79 Å². The van der Waals surface area contributed by atoms with Crippen LogP contribution in [0.5, 0.6) is 0 Å². The van der Waals surface area contributed by atoms with Crippen LogP contribution in [0.4, 0.5) is 0 Å². The summed E-state index contributed by atoms with van der Waals surface area (Å²) in [4.78, 5) is 13.9. The van der Waals surface area contributed by atoms with Crippen molar-refractivity contribution in [3.63, 3.8) is 0 Å². The van der Waals surface area contributed by atoms with Crippen LogP contribution in [0, 0.1) is 6.92 Å². The summed E-state index contributed by atoms with van der Waals surface area (Å²) in [6.07, 6.45) is 1.49. The number of aryl methyl sites for hydroxylation is 2. The highest BCUT2D eigenvalue weighted by atomic mass is 16.2. The SMILES string of the molecule is Cc1ccccc1CCC(=O)N1CCNCC1. The molecule has 3 heteroatoms. The van der Waals surface area contributed by atoms with Crippen LogP contribution in [0.1, 0.15) is 17.5 Å². The van der Waals surface area contributed by atoms with Crippen molar-refractivity contribution in [3.8, 4) is 0 Å². The largest absolute Gasteiger partial charge is 0.340 e. The number of carbonyl (C=O) groups excluding carboxylic acids is 1. The number of carbonyl (C=O) groups is 1. The second kappa shape index (κ2) is 5.82. The summed E-state index contributed by atoms with van der Waals surface area (Å²) in [5, 5.41) is 3.26. The Hall–Kier alpha value is -1.35. The first kappa shape index (κ1) is 12.1. The number of nitrogens with zero attached hydrogens (tertiary/aromatic N) is 1. The van der Waals surface area contributed by atoms with Crippen LogP contribution >= 0.6 is 0 Å². The summed E-state index contributed by atoms with van der Waals surface area (Å²) >= 11 is 0. The number of benzene rings is 1. The van der Waals surface area contributed by atoms with Gasteiger partial charge in [0.05, 0.1) is 0 Å². The minimum absolute atomic E-state index is 0.287. The van der Waals surface area contributed by atoms with Crippen molar-refractivity contribution in [2.24, 2.45) is 0 Å². The lowest BCUT2D eigenvalue weighted by Gasteiger charge is -2.27. The van der Waals surface area contributed by atoms with Gasteiger partial charge in [-0.2, -0.15) is 0 Å². The van der Waals surface area contributed by atoms with Gasteiger partial charge in [-0.15, -0.1) is 0 Å². The van der Waals surface area contributed by atoms with Gasteiger partial charge in [0.1, 0.15) is 0 Å². The van der Waals surface area contributed by atoms with Gasteiger partial charge < -0.3 is 10.2 Å². The van der Waals surface area contributed by atoms with Gasteiger partial charge in [0, 0.05) is 32.6 Å². The van der Waals surface area contributed by atoms with Gasteiger partial charge >= 0.3 is 0 Å². The second-order valence-corrected chi connectivity index (χ2v) is 4.56. The Morgan fingerprint density at radius 2 is 2.00 bits per heavy atom. The highest BCUT2D eigenvalue weighted by Gasteiger charge is 2.15. The molecule has 1 aromatic carbocycles. The van der Waals surface area contributed by atoms with Gasteiger partial charge in [-0.1, -0.05) is 24.3 Å². The molecule has 1 aromatic rings. The van der Waals surface area contributed by atoms with Crippen LogP contribution in [0.25, 0.3) is 0 Å². The lowest BCUT2D eigenvalue weighted by Crippen LogP contribution is -2.46. The molecular formula is C14H20N2O. The molecule has 2 rings (SSSR count). The van der Waals surface area contributed by atoms with E-state index in [0.29, 0.717) is 6.42 Å². The Balaban J connectivity index is 1.85. The fraction of sp³-hybridized carbons (Fsp3) is 0.500. The molecular weight excluding hydrogens is 212 g/mol. The predicted octanol–water partition coefficient (Wildman–Crippen LogP) is 1.36. The van der Waals surface area contributed by atoms with Crippen LogP contribution in [0.15, 0.2) is 24.3 Å². The van der Waals surface area contributed by atoms with Crippen LogP contribution in [-0.2, 0) is 11.2 Å². The van der Waals surface area contributed by atoms with Crippen molar-refractivity contribution in [2.75, 3.05) is 26.2 Å². The van der Waals surface area contributed by atoms with Gasteiger partial charge in [0.2, 0.25) is 5.91 Å². The van der Waals surface area contributed by atoms with Crippen molar-refractivity contribution in [3.05, 3.63) is 35.4 Å². The molecule has 0 bridgehead atoms. The topological polar surface area (TPSA) is 32.3 Å². The van der Waals surface area contributed by atoms with E-state index in [1.54, 1.807) is 0 Å². The zero-order chi connectivity index (χ0) is 12.1. The van der Waals surface area contributed by atoms with E-state index in [2.05, 4.69) is 24.4 Å². The average Bonchev–Trinajstić information content (AvgIpc) is 2.38. The van der Waals surface area contributed by atoms with Crippen LogP contribution in [0.2, 0.25) is 0 Å². The Labute approximate surface area is 103 Å². The summed E-state index contributed by atoms with van der Waals surface area (Å²) in [5.41, 5.74) is 2.57. The smallest absolute Gasteiger partial charge is 0.222 e. The van der Waals surface area contributed by atoms with E-state index in [1.165, 1.54) is 11.1 Å². The highest BCUT2D eigenvalue weighted by Crippen LogP contribution is 2.10. The summed E-state index contributed by atoms with van der Waals surface area (Å²) in [7, 11) is 0. The molecule has 0 unspecified atom stereocenters. The summed E-state index contributed by atoms with van der Waals surface area (Å²) in [6.45, 7) is 5.66. The molecule has 1 amide bonds. The van der Waals surface area contributed by atoms with E-state index in [1.807, 2.05) is 17.0 Å². The maximum absolute atomic E-state index is 12.0. The predicted molar refractivity (Wildman–Crippen MR) is 68.9 cm³/mol. The molecule has 1 saturated heterocycles. The zero-order valence-corrected chi connectivity index (χ0v) is 10.4. The van der Waals surface area contributed by atoms with E-state index in [9.17, 15) is 4.79 Å². The molecule has 1 N–H and O–H groups in total. The number of hydrogen-bond acceptors (Lipinski definition) is 2. The molecule has 1 aliphatic rings. The Bertz CT molecular complexity index is 384. The third kappa shape index (κ3) is 3.30. The molecule has 0 radical (unpaired) electrons.